The van der Waals surface area contributed by atoms with Crippen LogP contribution in [-0.2, 0) is 42.8 Å². The van der Waals surface area contributed by atoms with Gasteiger partial charge in [0.25, 0.3) is 5.56 Å². The summed E-state index contributed by atoms with van der Waals surface area (Å²) in [5, 5.41) is 28.4. The number of nitrogens with two attached hydrogens (primary N) is 1. The SMILES string of the molecule is N=CCCc1cn([C@@H]2O[C@H](C(OP(=O)(O)OP(=O)(O)OP(=O)(O)O)C(=O)CCCCCN)[C@@H](O)[C@H]2O)c(=O)[nH]c1=O. The van der Waals surface area contributed by atoms with E-state index in [9.17, 15) is 48.1 Å². The number of unbranched alkanes of at least 4 members (excludes halogenated alkanes) is 2. The van der Waals surface area contributed by atoms with Crippen molar-refractivity contribution in [1.29, 1.82) is 5.41 Å². The fourth-order valence-corrected chi connectivity index (χ4v) is 6.98. The van der Waals surface area contributed by atoms with Gasteiger partial charge >= 0.3 is 29.2 Å². The molecule has 1 aliphatic heterocycles. The quantitative estimate of drug-likeness (QED) is 0.0527. The number of aromatic nitrogens is 2. The van der Waals surface area contributed by atoms with Crippen molar-refractivity contribution in [3.8, 4) is 0 Å². The number of carbonyl (C=O) groups excluding carboxylic acids is 1. The number of aryl methyl sites for hydroxylation is 1. The van der Waals surface area contributed by atoms with Crippen molar-refractivity contribution >= 4 is 35.5 Å². The largest absolute Gasteiger partial charge is 0.490 e. The van der Waals surface area contributed by atoms with E-state index in [0.717, 1.165) is 12.4 Å². The Morgan fingerprint density at radius 2 is 1.76 bits per heavy atom. The van der Waals surface area contributed by atoms with Crippen LogP contribution in [0.3, 0.4) is 0 Å². The average molecular weight is 652 g/mol. The second-order valence-corrected chi connectivity index (χ2v) is 13.1. The van der Waals surface area contributed by atoms with Crippen molar-refractivity contribution in [1.82, 2.24) is 9.55 Å². The maximum Gasteiger partial charge on any atom is 0.490 e. The Hall–Kier alpha value is -1.73. The number of carbonyl (C=O) groups is 1. The van der Waals surface area contributed by atoms with Crippen LogP contribution in [0, 0.1) is 5.41 Å². The number of nitrogens with one attached hydrogen (secondary N) is 2. The zero-order valence-corrected chi connectivity index (χ0v) is 23.8. The van der Waals surface area contributed by atoms with Crippen LogP contribution >= 0.6 is 23.5 Å². The van der Waals surface area contributed by atoms with Crippen LogP contribution in [0.25, 0.3) is 0 Å². The highest BCUT2D eigenvalue weighted by molar-refractivity contribution is 7.66. The third-order valence-electron chi connectivity index (χ3n) is 5.55. The predicted molar refractivity (Wildman–Crippen MR) is 136 cm³/mol. The van der Waals surface area contributed by atoms with Crippen LogP contribution in [0.15, 0.2) is 15.8 Å². The highest BCUT2D eigenvalue weighted by atomic mass is 31.3. The zero-order chi connectivity index (χ0) is 31.2. The first-order chi connectivity index (χ1) is 18.9. The van der Waals surface area contributed by atoms with Crippen LogP contribution < -0.4 is 17.0 Å². The zero-order valence-electron chi connectivity index (χ0n) is 21.1. The van der Waals surface area contributed by atoms with E-state index in [-0.39, 0.29) is 37.8 Å². The molecule has 0 spiro atoms. The van der Waals surface area contributed by atoms with Gasteiger partial charge in [-0.1, -0.05) is 6.42 Å². The smallest absolute Gasteiger partial charge is 0.387 e. The number of aliphatic hydroxyl groups excluding tert-OH is 2. The number of phosphoric ester groups is 1. The number of aliphatic hydroxyl groups is 2. The standard InChI is InChI=1S/C18H31N4O16P3/c19-7-3-1-2-6-11(23)14(36-40(31,32)38-41(33,34)37-39(28,29)30)15-12(24)13(25)17(35-15)22-9-10(5-4-8-20)16(26)21-18(22)27/h8-9,12-15,17,20,24-25H,1-7,19H2,(H,31,32)(H,33,34)(H,21,26,27)(H2,28,29,30)/t12-,13+,14?,15-,17+/m0/s1. The summed E-state index contributed by atoms with van der Waals surface area (Å²) in [6.45, 7) is 0.285. The summed E-state index contributed by atoms with van der Waals surface area (Å²) in [4.78, 5) is 76.4. The maximum absolute atomic E-state index is 13.0. The average Bonchev–Trinajstić information content (AvgIpc) is 3.11. The van der Waals surface area contributed by atoms with Crippen molar-refractivity contribution in [2.45, 2.75) is 69.2 Å². The molecule has 234 valence electrons. The summed E-state index contributed by atoms with van der Waals surface area (Å²) >= 11 is 0. The van der Waals surface area contributed by atoms with Crippen LogP contribution in [0.1, 0.15) is 43.9 Å². The van der Waals surface area contributed by atoms with Gasteiger partial charge in [0.2, 0.25) is 0 Å². The Balaban J connectivity index is 2.42. The predicted octanol–water partition coefficient (Wildman–Crippen LogP) is -1.46. The number of rotatable bonds is 17. The lowest BCUT2D eigenvalue weighted by Crippen LogP contribution is -2.44. The van der Waals surface area contributed by atoms with E-state index in [1.165, 1.54) is 0 Å². The van der Waals surface area contributed by atoms with Gasteiger partial charge in [-0.3, -0.25) is 23.7 Å². The first-order valence-electron chi connectivity index (χ1n) is 11.8. The molecule has 2 rings (SSSR count). The van der Waals surface area contributed by atoms with Crippen molar-refractivity contribution in [3.63, 3.8) is 0 Å². The summed E-state index contributed by atoms with van der Waals surface area (Å²) in [6, 6.07) is 0. The second kappa shape index (κ2) is 14.6. The number of hydrogen-bond donors (Lipinski definition) is 9. The lowest BCUT2D eigenvalue weighted by Gasteiger charge is -2.26. The molecular formula is C18H31N4O16P3. The molecule has 0 aliphatic carbocycles. The molecule has 3 unspecified atom stereocenters. The van der Waals surface area contributed by atoms with Crippen LogP contribution in [0.2, 0.25) is 0 Å². The Labute approximate surface area is 231 Å². The third-order valence-corrected chi connectivity index (χ3v) is 9.38. The number of H-pyrrole nitrogens is 1. The minimum atomic E-state index is -5.97. The molecule has 41 heavy (non-hydrogen) atoms. The summed E-state index contributed by atoms with van der Waals surface area (Å²) < 4.78 is 53.3. The van der Waals surface area contributed by atoms with Gasteiger partial charge in [-0.15, -0.1) is 0 Å². The molecule has 20 nitrogen and oxygen atoms in total. The Kier molecular flexibility index (Phi) is 12.7. The lowest BCUT2D eigenvalue weighted by atomic mass is 9.99. The Bertz CT molecular complexity index is 1340. The molecule has 10 N–H and O–H groups in total. The number of nitrogens with zero attached hydrogens (tertiary/aromatic N) is 1. The first kappa shape index (κ1) is 35.5. The lowest BCUT2D eigenvalue weighted by molar-refractivity contribution is -0.140. The van der Waals surface area contributed by atoms with Gasteiger partial charge in [0.05, 0.1) is 0 Å². The van der Waals surface area contributed by atoms with E-state index < -0.39 is 71.1 Å². The normalized spacial score (nSPS) is 24.9. The number of aromatic amines is 1. The summed E-state index contributed by atoms with van der Waals surface area (Å²) in [6.07, 6.45) is -7.47. The van der Waals surface area contributed by atoms with E-state index in [0.29, 0.717) is 17.4 Å². The number of ether oxygens (including phenoxy) is 1. The van der Waals surface area contributed by atoms with Gasteiger partial charge in [0.15, 0.2) is 18.1 Å². The molecule has 2 heterocycles. The molecule has 0 aromatic carbocycles. The highest BCUT2D eigenvalue weighted by Gasteiger charge is 2.53. The summed E-state index contributed by atoms with van der Waals surface area (Å²) in [5.41, 5.74) is 3.48. The van der Waals surface area contributed by atoms with E-state index >= 15 is 0 Å². The van der Waals surface area contributed by atoms with E-state index in [2.05, 4.69) is 8.62 Å². The molecular weight excluding hydrogens is 621 g/mol. The van der Waals surface area contributed by atoms with E-state index in [4.69, 9.17) is 30.2 Å². The molecule has 1 fully saturated rings. The fourth-order valence-electron chi connectivity index (χ4n) is 3.79. The van der Waals surface area contributed by atoms with Gasteiger partial charge in [0, 0.05) is 18.2 Å². The highest BCUT2D eigenvalue weighted by Crippen LogP contribution is 2.66. The van der Waals surface area contributed by atoms with Crippen molar-refractivity contribution in [3.05, 3.63) is 32.6 Å². The number of hydrogen-bond acceptors (Lipinski definition) is 14. The molecule has 1 aromatic rings. The molecule has 0 saturated carbocycles. The van der Waals surface area contributed by atoms with Gasteiger partial charge in [-0.2, -0.15) is 8.62 Å². The molecule has 1 aromatic heterocycles. The van der Waals surface area contributed by atoms with Crippen molar-refractivity contribution in [2.24, 2.45) is 5.73 Å². The number of ketones is 1. The Morgan fingerprint density at radius 3 is 2.34 bits per heavy atom. The molecule has 0 bridgehead atoms. The number of phosphoric acid groups is 3. The Morgan fingerprint density at radius 1 is 1.10 bits per heavy atom. The molecule has 7 atom stereocenters. The molecule has 1 aliphatic rings. The molecule has 0 radical (unpaired) electrons. The molecule has 1 saturated heterocycles. The summed E-state index contributed by atoms with van der Waals surface area (Å²) in [7, 11) is -17.6. The van der Waals surface area contributed by atoms with Crippen LogP contribution in [-0.4, -0.2) is 82.3 Å². The van der Waals surface area contributed by atoms with Crippen LogP contribution in [0.5, 0.6) is 0 Å². The van der Waals surface area contributed by atoms with E-state index in [1.54, 1.807) is 0 Å². The van der Waals surface area contributed by atoms with Crippen molar-refractivity contribution < 1.29 is 66.2 Å². The molecule has 23 heteroatoms. The fraction of sp³-hybridized carbons (Fsp3) is 0.667. The van der Waals surface area contributed by atoms with Gasteiger partial charge < -0.3 is 45.7 Å². The second-order valence-electron chi connectivity index (χ2n) is 8.72. The van der Waals surface area contributed by atoms with Crippen LogP contribution in [0.4, 0.5) is 0 Å². The monoisotopic (exact) mass is 652 g/mol. The van der Waals surface area contributed by atoms with Crippen molar-refractivity contribution in [2.75, 3.05) is 6.54 Å². The minimum absolute atomic E-state index is 0.00383. The van der Waals surface area contributed by atoms with E-state index in [1.807, 2.05) is 4.98 Å². The minimum Gasteiger partial charge on any atom is -0.387 e. The maximum atomic E-state index is 13.0. The van der Waals surface area contributed by atoms with Gasteiger partial charge in [-0.05, 0) is 38.4 Å². The number of Topliss-reactive ketones (excluding diaryl/α,β-unsaturated/α-hetero) is 1. The first-order valence-corrected chi connectivity index (χ1v) is 16.3. The summed E-state index contributed by atoms with van der Waals surface area (Å²) in [5.74, 6) is -1.04. The third kappa shape index (κ3) is 10.5. The topological polar surface area (TPSA) is 331 Å². The molecule has 0 amide bonds. The van der Waals surface area contributed by atoms with Gasteiger partial charge in [-0.25, -0.2) is 18.5 Å². The van der Waals surface area contributed by atoms with Gasteiger partial charge in [0.1, 0.15) is 18.3 Å².